The number of amidine groups is 1. The highest BCUT2D eigenvalue weighted by Crippen LogP contribution is 2.27. The summed E-state index contributed by atoms with van der Waals surface area (Å²) >= 11 is 7.15. The molecule has 2 aromatic rings. The molecule has 1 saturated heterocycles. The standard InChI is InChI=1S/C20H24ClN5O4S2/c1-25(2)18(24-32(3,29)30)13-6-8-14(9-7-13)22-19(27)15-5-4-12-26(15)20(28)23-17-11-10-16(21)31-17/h6-11,15H,4-5,12H2,1-3H3,(H,22,27)(H,23,28)/b24-18-/t15-/m1/s1. The third-order valence-corrected chi connectivity index (χ3v) is 6.36. The van der Waals surface area contributed by atoms with Crippen molar-refractivity contribution in [3.8, 4) is 0 Å². The van der Waals surface area contributed by atoms with E-state index in [1.807, 2.05) is 0 Å². The van der Waals surface area contributed by atoms with Crippen molar-refractivity contribution >= 4 is 61.4 Å². The minimum Gasteiger partial charge on any atom is -0.362 e. The van der Waals surface area contributed by atoms with E-state index in [0.717, 1.165) is 12.7 Å². The monoisotopic (exact) mass is 497 g/mol. The van der Waals surface area contributed by atoms with E-state index in [1.54, 1.807) is 55.4 Å². The van der Waals surface area contributed by atoms with Gasteiger partial charge in [-0.25, -0.2) is 13.2 Å². The Labute approximate surface area is 196 Å². The van der Waals surface area contributed by atoms with E-state index in [1.165, 1.54) is 16.2 Å². The molecule has 1 aromatic heterocycles. The number of benzene rings is 1. The van der Waals surface area contributed by atoms with E-state index >= 15 is 0 Å². The lowest BCUT2D eigenvalue weighted by Crippen LogP contribution is -2.45. The molecule has 0 radical (unpaired) electrons. The Morgan fingerprint density at radius 3 is 2.41 bits per heavy atom. The SMILES string of the molecule is CN(C)/C(=N\S(C)(=O)=O)c1ccc(NC(=O)[C@H]2CCCN2C(=O)Nc2ccc(Cl)s2)cc1. The minimum absolute atomic E-state index is 0.285. The number of thiophene rings is 1. The zero-order chi connectivity index (χ0) is 23.5. The van der Waals surface area contributed by atoms with E-state index in [9.17, 15) is 18.0 Å². The van der Waals surface area contributed by atoms with Gasteiger partial charge >= 0.3 is 6.03 Å². The number of likely N-dealkylation sites (tertiary alicyclic amines) is 1. The Hall–Kier alpha value is -2.63. The number of urea groups is 1. The Morgan fingerprint density at radius 2 is 1.84 bits per heavy atom. The van der Waals surface area contributed by atoms with Crippen molar-refractivity contribution in [1.82, 2.24) is 9.80 Å². The van der Waals surface area contributed by atoms with Crippen molar-refractivity contribution in [1.29, 1.82) is 0 Å². The van der Waals surface area contributed by atoms with Gasteiger partial charge in [-0.1, -0.05) is 11.6 Å². The van der Waals surface area contributed by atoms with Crippen LogP contribution in [0.3, 0.4) is 0 Å². The summed E-state index contributed by atoms with van der Waals surface area (Å²) in [6.07, 6.45) is 2.32. The largest absolute Gasteiger partial charge is 0.362 e. The molecule has 3 amide bonds. The summed E-state index contributed by atoms with van der Waals surface area (Å²) in [6.45, 7) is 0.482. The van der Waals surface area contributed by atoms with Crippen molar-refractivity contribution in [2.75, 3.05) is 37.5 Å². The summed E-state index contributed by atoms with van der Waals surface area (Å²) < 4.78 is 27.5. The van der Waals surface area contributed by atoms with Gasteiger partial charge in [0.1, 0.15) is 11.9 Å². The molecule has 0 aliphatic carbocycles. The predicted octanol–water partition coefficient (Wildman–Crippen LogP) is 3.30. The average molecular weight is 498 g/mol. The van der Waals surface area contributed by atoms with Gasteiger partial charge in [0, 0.05) is 31.9 Å². The number of sulfonamides is 1. The fraction of sp³-hybridized carbons (Fsp3) is 0.350. The van der Waals surface area contributed by atoms with Crippen LogP contribution in [0.25, 0.3) is 0 Å². The topological polar surface area (TPSA) is 111 Å². The minimum atomic E-state index is -3.57. The van der Waals surface area contributed by atoms with Crippen LogP contribution in [0.5, 0.6) is 0 Å². The molecule has 0 unspecified atom stereocenters. The summed E-state index contributed by atoms with van der Waals surface area (Å²) in [5.41, 5.74) is 1.13. The van der Waals surface area contributed by atoms with E-state index in [2.05, 4.69) is 15.0 Å². The van der Waals surface area contributed by atoms with E-state index in [-0.39, 0.29) is 17.8 Å². The number of anilines is 2. The molecule has 1 aliphatic rings. The second-order valence-electron chi connectivity index (χ2n) is 7.49. The van der Waals surface area contributed by atoms with Gasteiger partial charge in [0.15, 0.2) is 0 Å². The Kier molecular flexibility index (Phi) is 7.42. The first kappa shape index (κ1) is 24.0. The molecule has 2 N–H and O–H groups in total. The van der Waals surface area contributed by atoms with Crippen LogP contribution in [0.4, 0.5) is 15.5 Å². The van der Waals surface area contributed by atoms with Gasteiger partial charge in [0.05, 0.1) is 15.6 Å². The second-order valence-corrected chi connectivity index (χ2v) is 10.9. The van der Waals surface area contributed by atoms with Crippen molar-refractivity contribution in [3.63, 3.8) is 0 Å². The molecule has 0 saturated carbocycles. The first-order chi connectivity index (χ1) is 15.0. The maximum atomic E-state index is 12.8. The summed E-state index contributed by atoms with van der Waals surface area (Å²) in [6, 6.07) is 9.18. The molecule has 9 nitrogen and oxygen atoms in total. The lowest BCUT2D eigenvalue weighted by atomic mass is 10.1. The van der Waals surface area contributed by atoms with E-state index in [4.69, 9.17) is 11.6 Å². The number of nitrogens with zero attached hydrogens (tertiary/aromatic N) is 3. The first-order valence-corrected chi connectivity index (χ1v) is 12.8. The zero-order valence-electron chi connectivity index (χ0n) is 17.8. The predicted molar refractivity (Wildman–Crippen MR) is 128 cm³/mol. The molecule has 0 bridgehead atoms. The number of halogens is 1. The molecule has 1 atom stereocenters. The van der Waals surface area contributed by atoms with Crippen LogP contribution in [0.2, 0.25) is 4.34 Å². The highest BCUT2D eigenvalue weighted by Gasteiger charge is 2.34. The van der Waals surface area contributed by atoms with Crippen molar-refractivity contribution in [3.05, 3.63) is 46.3 Å². The van der Waals surface area contributed by atoms with Gasteiger partial charge in [-0.05, 0) is 49.2 Å². The summed E-state index contributed by atoms with van der Waals surface area (Å²) in [5.74, 6) is 0.00458. The summed E-state index contributed by atoms with van der Waals surface area (Å²) in [4.78, 5) is 28.6. The van der Waals surface area contributed by atoms with Crippen LogP contribution in [0, 0.1) is 0 Å². The lowest BCUT2D eigenvalue weighted by molar-refractivity contribution is -0.119. The lowest BCUT2D eigenvalue weighted by Gasteiger charge is -2.24. The molecule has 2 heterocycles. The van der Waals surface area contributed by atoms with Crippen molar-refractivity contribution in [2.24, 2.45) is 4.40 Å². The van der Waals surface area contributed by atoms with Gasteiger partial charge < -0.3 is 15.1 Å². The number of hydrogen-bond donors (Lipinski definition) is 2. The molecule has 0 spiro atoms. The maximum Gasteiger partial charge on any atom is 0.323 e. The Morgan fingerprint density at radius 1 is 1.16 bits per heavy atom. The number of carbonyl (C=O) groups excluding carboxylic acids is 2. The third kappa shape index (κ3) is 6.21. The third-order valence-electron chi connectivity index (χ3n) is 4.71. The van der Waals surface area contributed by atoms with Crippen molar-refractivity contribution < 1.29 is 18.0 Å². The van der Waals surface area contributed by atoms with Gasteiger partial charge in [-0.15, -0.1) is 15.7 Å². The van der Waals surface area contributed by atoms with E-state index in [0.29, 0.717) is 33.6 Å². The van der Waals surface area contributed by atoms with Crippen LogP contribution in [0.1, 0.15) is 18.4 Å². The van der Waals surface area contributed by atoms with Crippen LogP contribution < -0.4 is 10.6 Å². The number of carbonyl (C=O) groups is 2. The smallest absolute Gasteiger partial charge is 0.323 e. The fourth-order valence-corrected chi connectivity index (χ4v) is 4.83. The van der Waals surface area contributed by atoms with Gasteiger partial charge in [-0.3, -0.25) is 10.1 Å². The van der Waals surface area contributed by atoms with Crippen LogP contribution in [0.15, 0.2) is 40.8 Å². The molecular weight excluding hydrogens is 474 g/mol. The fourth-order valence-electron chi connectivity index (χ4n) is 3.32. The normalized spacial score (nSPS) is 16.7. The highest BCUT2D eigenvalue weighted by molar-refractivity contribution is 7.89. The van der Waals surface area contributed by atoms with Gasteiger partial charge in [0.25, 0.3) is 10.0 Å². The zero-order valence-corrected chi connectivity index (χ0v) is 20.2. The van der Waals surface area contributed by atoms with Crippen LogP contribution in [-0.4, -0.2) is 68.9 Å². The average Bonchev–Trinajstić information content (AvgIpc) is 3.35. The molecule has 1 aromatic carbocycles. The Bertz CT molecular complexity index is 1130. The molecule has 3 rings (SSSR count). The molecular formula is C20H24ClN5O4S2. The maximum absolute atomic E-state index is 12.8. The number of nitrogens with one attached hydrogen (secondary N) is 2. The van der Waals surface area contributed by atoms with E-state index < -0.39 is 16.1 Å². The second kappa shape index (κ2) is 9.88. The molecule has 172 valence electrons. The molecule has 12 heteroatoms. The number of rotatable bonds is 5. The van der Waals surface area contributed by atoms with Crippen LogP contribution in [-0.2, 0) is 14.8 Å². The number of hydrogen-bond acceptors (Lipinski definition) is 5. The quantitative estimate of drug-likeness (QED) is 0.486. The van der Waals surface area contributed by atoms with Gasteiger partial charge in [-0.2, -0.15) is 0 Å². The number of amides is 3. The Balaban J connectivity index is 1.68. The molecule has 32 heavy (non-hydrogen) atoms. The van der Waals surface area contributed by atoms with Crippen molar-refractivity contribution in [2.45, 2.75) is 18.9 Å². The summed E-state index contributed by atoms with van der Waals surface area (Å²) in [5, 5.41) is 6.23. The highest BCUT2D eigenvalue weighted by atomic mass is 35.5. The van der Waals surface area contributed by atoms with Gasteiger partial charge in [0.2, 0.25) is 5.91 Å². The first-order valence-electron chi connectivity index (χ1n) is 9.75. The molecule has 1 fully saturated rings. The summed E-state index contributed by atoms with van der Waals surface area (Å²) in [7, 11) is -0.170. The molecule has 1 aliphatic heterocycles. The van der Waals surface area contributed by atoms with Crippen LogP contribution >= 0.6 is 22.9 Å².